The average Bonchev–Trinajstić information content (AvgIpc) is 2.80. The number of hydrogen-bond donors (Lipinski definition) is 2. The van der Waals surface area contributed by atoms with E-state index in [-0.39, 0.29) is 30.0 Å². The van der Waals surface area contributed by atoms with Crippen LogP contribution in [0.5, 0.6) is 0 Å². The van der Waals surface area contributed by atoms with Gasteiger partial charge in [-0.05, 0) is 69.9 Å². The minimum absolute atomic E-state index is 0. The smallest absolute Gasteiger partial charge is 0.191 e. The molecule has 2 N–H and O–H groups in total. The summed E-state index contributed by atoms with van der Waals surface area (Å²) in [5, 5.41) is 11.4. The number of rotatable bonds is 6. The van der Waals surface area contributed by atoms with Gasteiger partial charge in [-0.2, -0.15) is 5.10 Å². The number of nitrogens with one attached hydrogen (secondary N) is 2. The van der Waals surface area contributed by atoms with Gasteiger partial charge in [0.15, 0.2) is 5.96 Å². The molecule has 150 valence electrons. The van der Waals surface area contributed by atoms with Gasteiger partial charge in [-0.1, -0.05) is 22.0 Å². The summed E-state index contributed by atoms with van der Waals surface area (Å²) in [5.74, 6) is 0.849. The summed E-state index contributed by atoms with van der Waals surface area (Å²) in [4.78, 5) is 4.76. The minimum Gasteiger partial charge on any atom is -0.357 e. The van der Waals surface area contributed by atoms with Gasteiger partial charge in [0.1, 0.15) is 0 Å². The number of guanidine groups is 1. The summed E-state index contributed by atoms with van der Waals surface area (Å²) in [5.41, 5.74) is 6.12. The molecule has 5 nitrogen and oxygen atoms in total. The molecule has 0 bridgehead atoms. The molecule has 1 aromatic carbocycles. The molecule has 0 saturated heterocycles. The monoisotopic (exact) mass is 547 g/mol. The van der Waals surface area contributed by atoms with Crippen LogP contribution in [0.4, 0.5) is 0 Å². The number of hydrogen-bond acceptors (Lipinski definition) is 2. The van der Waals surface area contributed by atoms with Crippen LogP contribution in [0.25, 0.3) is 0 Å². The van der Waals surface area contributed by atoms with E-state index in [4.69, 9.17) is 4.99 Å². The van der Waals surface area contributed by atoms with Crippen LogP contribution >= 0.6 is 39.9 Å². The molecule has 0 saturated carbocycles. The van der Waals surface area contributed by atoms with Crippen molar-refractivity contribution in [3.63, 3.8) is 0 Å². The maximum atomic E-state index is 4.76. The second kappa shape index (κ2) is 11.0. The van der Waals surface area contributed by atoms with Gasteiger partial charge in [0.2, 0.25) is 0 Å². The maximum absolute atomic E-state index is 4.76. The summed E-state index contributed by atoms with van der Waals surface area (Å²) in [7, 11) is 2.00. The Hall–Kier alpha value is -1.09. The van der Waals surface area contributed by atoms with Crippen LogP contribution in [-0.4, -0.2) is 28.3 Å². The third-order valence-electron chi connectivity index (χ3n) is 4.61. The van der Waals surface area contributed by atoms with Crippen molar-refractivity contribution in [2.45, 2.75) is 53.6 Å². The third kappa shape index (κ3) is 6.78. The first-order valence-electron chi connectivity index (χ1n) is 9.10. The minimum atomic E-state index is 0. The Morgan fingerprint density at radius 3 is 2.56 bits per heavy atom. The normalized spacial score (nSPS) is 12.5. The zero-order valence-electron chi connectivity index (χ0n) is 17.1. The van der Waals surface area contributed by atoms with Gasteiger partial charge in [0.25, 0.3) is 0 Å². The zero-order valence-corrected chi connectivity index (χ0v) is 21.0. The molecule has 1 aromatic heterocycles. The summed E-state index contributed by atoms with van der Waals surface area (Å²) in [6.45, 7) is 12.1. The Balaban J connectivity index is 0.00000364. The molecule has 0 spiro atoms. The van der Waals surface area contributed by atoms with Gasteiger partial charge >= 0.3 is 0 Å². The molecule has 27 heavy (non-hydrogen) atoms. The van der Waals surface area contributed by atoms with Gasteiger partial charge in [-0.25, -0.2) is 4.99 Å². The van der Waals surface area contributed by atoms with E-state index in [0.717, 1.165) is 29.1 Å². The lowest BCUT2D eigenvalue weighted by Crippen LogP contribution is -2.43. The summed E-state index contributed by atoms with van der Waals surface area (Å²) >= 11 is 3.51. The molecule has 1 unspecified atom stereocenters. The number of aliphatic imine (C=N–C) groups is 1. The van der Waals surface area contributed by atoms with Gasteiger partial charge < -0.3 is 10.6 Å². The molecule has 0 aliphatic rings. The fraction of sp³-hybridized carbons (Fsp3) is 0.500. The highest BCUT2D eigenvalue weighted by molar-refractivity contribution is 14.0. The van der Waals surface area contributed by atoms with E-state index in [9.17, 15) is 0 Å². The van der Waals surface area contributed by atoms with Gasteiger partial charge in [0.05, 0.1) is 12.2 Å². The highest BCUT2D eigenvalue weighted by Crippen LogP contribution is 2.17. The molecule has 0 amide bonds. The van der Waals surface area contributed by atoms with E-state index in [1.165, 1.54) is 22.4 Å². The standard InChI is InChI=1S/C20H30BrN5.HI/c1-7-22-20(23-12-17-8-9-18(21)10-13(17)2)24-14(3)11-19-15(4)25-26(6)16(19)5;/h8-10,14H,7,11-12H2,1-6H3,(H2,22,23,24);1H. The maximum Gasteiger partial charge on any atom is 0.191 e. The predicted octanol–water partition coefficient (Wildman–Crippen LogP) is 4.41. The second-order valence-electron chi connectivity index (χ2n) is 6.79. The molecule has 0 aliphatic heterocycles. The predicted molar refractivity (Wildman–Crippen MR) is 128 cm³/mol. The molecule has 0 radical (unpaired) electrons. The van der Waals surface area contributed by atoms with Gasteiger partial charge in [-0.15, -0.1) is 24.0 Å². The van der Waals surface area contributed by atoms with E-state index in [0.29, 0.717) is 6.54 Å². The van der Waals surface area contributed by atoms with Crippen LogP contribution in [-0.2, 0) is 20.0 Å². The highest BCUT2D eigenvalue weighted by atomic mass is 127. The van der Waals surface area contributed by atoms with E-state index in [2.05, 4.69) is 84.5 Å². The average molecular weight is 548 g/mol. The Morgan fingerprint density at radius 1 is 1.30 bits per heavy atom. The quantitative estimate of drug-likeness (QED) is 0.320. The van der Waals surface area contributed by atoms with Crippen LogP contribution in [0.2, 0.25) is 0 Å². The number of aromatic nitrogens is 2. The molecule has 0 fully saturated rings. The molecule has 2 aromatic rings. The van der Waals surface area contributed by atoms with Crippen molar-refractivity contribution in [1.29, 1.82) is 0 Å². The second-order valence-corrected chi connectivity index (χ2v) is 7.70. The Morgan fingerprint density at radius 2 is 2.00 bits per heavy atom. The van der Waals surface area contributed by atoms with Crippen LogP contribution in [0.15, 0.2) is 27.7 Å². The SMILES string of the molecule is CCNC(=NCc1ccc(Br)cc1C)NC(C)Cc1c(C)nn(C)c1C.I. The lowest BCUT2D eigenvalue weighted by Gasteiger charge is -2.18. The van der Waals surface area contributed by atoms with Crippen LogP contribution in [0, 0.1) is 20.8 Å². The lowest BCUT2D eigenvalue weighted by atomic mass is 10.1. The van der Waals surface area contributed by atoms with E-state index >= 15 is 0 Å². The molecule has 2 rings (SSSR count). The van der Waals surface area contributed by atoms with E-state index in [1.54, 1.807) is 0 Å². The van der Waals surface area contributed by atoms with Crippen molar-refractivity contribution in [3.05, 3.63) is 50.8 Å². The van der Waals surface area contributed by atoms with E-state index in [1.807, 2.05) is 11.7 Å². The molecule has 1 atom stereocenters. The largest absolute Gasteiger partial charge is 0.357 e. The number of aryl methyl sites for hydroxylation is 3. The number of halogens is 2. The Bertz CT molecular complexity index is 785. The molecular weight excluding hydrogens is 517 g/mol. The summed E-state index contributed by atoms with van der Waals surface area (Å²) in [6, 6.07) is 6.58. The van der Waals surface area contributed by atoms with Crippen molar-refractivity contribution in [3.8, 4) is 0 Å². The third-order valence-corrected chi connectivity index (χ3v) is 5.10. The first-order valence-corrected chi connectivity index (χ1v) is 9.90. The number of benzene rings is 1. The molecule has 1 heterocycles. The fourth-order valence-corrected chi connectivity index (χ4v) is 3.50. The van der Waals surface area contributed by atoms with Crippen molar-refractivity contribution in [2.24, 2.45) is 12.0 Å². The topological polar surface area (TPSA) is 54.2 Å². The molecule has 0 aliphatic carbocycles. The van der Waals surface area contributed by atoms with Gasteiger partial charge in [0, 0.05) is 29.8 Å². The molecular formula is C20H31BrIN5. The van der Waals surface area contributed by atoms with Crippen molar-refractivity contribution >= 4 is 45.9 Å². The fourth-order valence-electron chi connectivity index (χ4n) is 3.02. The molecule has 7 heteroatoms. The first-order chi connectivity index (χ1) is 12.3. The lowest BCUT2D eigenvalue weighted by molar-refractivity contribution is 0.635. The Kier molecular flexibility index (Phi) is 9.80. The summed E-state index contributed by atoms with van der Waals surface area (Å²) < 4.78 is 3.05. The number of nitrogens with zero attached hydrogens (tertiary/aromatic N) is 3. The summed E-state index contributed by atoms with van der Waals surface area (Å²) in [6.07, 6.45) is 0.924. The Labute approximate surface area is 188 Å². The van der Waals surface area contributed by atoms with Gasteiger partial charge in [-0.3, -0.25) is 4.68 Å². The van der Waals surface area contributed by atoms with Crippen molar-refractivity contribution < 1.29 is 0 Å². The van der Waals surface area contributed by atoms with Crippen LogP contribution in [0.1, 0.15) is 41.9 Å². The van der Waals surface area contributed by atoms with Crippen LogP contribution < -0.4 is 10.6 Å². The first kappa shape index (κ1) is 23.9. The highest BCUT2D eigenvalue weighted by Gasteiger charge is 2.14. The van der Waals surface area contributed by atoms with Crippen molar-refractivity contribution in [1.82, 2.24) is 20.4 Å². The van der Waals surface area contributed by atoms with Crippen LogP contribution in [0.3, 0.4) is 0 Å². The van der Waals surface area contributed by atoms with E-state index < -0.39 is 0 Å². The zero-order chi connectivity index (χ0) is 19.3. The van der Waals surface area contributed by atoms with Crippen molar-refractivity contribution in [2.75, 3.05) is 6.54 Å².